The van der Waals surface area contributed by atoms with Gasteiger partial charge in [0, 0.05) is 5.02 Å². The summed E-state index contributed by atoms with van der Waals surface area (Å²) in [4.78, 5) is 11.7. The summed E-state index contributed by atoms with van der Waals surface area (Å²) in [5, 5.41) is 12.7. The molecule has 19 heavy (non-hydrogen) atoms. The van der Waals surface area contributed by atoms with E-state index in [1.54, 1.807) is 31.2 Å². The van der Waals surface area contributed by atoms with Crippen molar-refractivity contribution in [2.24, 2.45) is 5.92 Å². The molecule has 5 heteroatoms. The number of hydrogen-bond donors (Lipinski definition) is 1. The van der Waals surface area contributed by atoms with E-state index in [1.165, 1.54) is 0 Å². The summed E-state index contributed by atoms with van der Waals surface area (Å²) in [6, 6.07) is 9.03. The molecule has 0 aliphatic carbocycles. The standard InChI is InChI=1S/C14H16BrClN2O/c1-9(2)12(15)13(19)18-14(3,8-17)10-4-6-11(16)7-5-10/h4-7,9,12H,1-3H3,(H,18,19). The molecule has 1 rings (SSSR count). The maximum Gasteiger partial charge on any atom is 0.235 e. The highest BCUT2D eigenvalue weighted by atomic mass is 79.9. The molecule has 0 radical (unpaired) electrons. The Morgan fingerprint density at radius 2 is 1.95 bits per heavy atom. The van der Waals surface area contributed by atoms with E-state index < -0.39 is 5.54 Å². The second kappa shape index (κ2) is 6.40. The van der Waals surface area contributed by atoms with Gasteiger partial charge in [-0.15, -0.1) is 0 Å². The predicted molar refractivity (Wildman–Crippen MR) is 80.1 cm³/mol. The Morgan fingerprint density at radius 1 is 1.42 bits per heavy atom. The lowest BCUT2D eigenvalue weighted by atomic mass is 9.93. The van der Waals surface area contributed by atoms with Gasteiger partial charge in [0.15, 0.2) is 0 Å². The van der Waals surface area contributed by atoms with Gasteiger partial charge in [-0.25, -0.2) is 0 Å². The first-order valence-corrected chi connectivity index (χ1v) is 7.23. The SMILES string of the molecule is CC(C)C(Br)C(=O)NC(C)(C#N)c1ccc(Cl)cc1. The fraction of sp³-hybridized carbons (Fsp3) is 0.429. The highest BCUT2D eigenvalue weighted by Gasteiger charge is 2.31. The number of amides is 1. The van der Waals surface area contributed by atoms with Crippen molar-refractivity contribution in [1.82, 2.24) is 5.32 Å². The van der Waals surface area contributed by atoms with Gasteiger partial charge in [0.05, 0.1) is 10.9 Å². The highest BCUT2D eigenvalue weighted by Crippen LogP contribution is 2.23. The van der Waals surface area contributed by atoms with Crippen LogP contribution in [0.2, 0.25) is 5.02 Å². The number of benzene rings is 1. The van der Waals surface area contributed by atoms with Gasteiger partial charge in [0.2, 0.25) is 5.91 Å². The zero-order valence-electron chi connectivity index (χ0n) is 11.1. The molecular weight excluding hydrogens is 328 g/mol. The minimum atomic E-state index is -1.07. The number of carbonyl (C=O) groups is 1. The van der Waals surface area contributed by atoms with Crippen molar-refractivity contribution in [3.63, 3.8) is 0 Å². The van der Waals surface area contributed by atoms with Crippen molar-refractivity contribution < 1.29 is 4.79 Å². The van der Waals surface area contributed by atoms with E-state index in [0.29, 0.717) is 10.6 Å². The molecule has 0 spiro atoms. The van der Waals surface area contributed by atoms with Gasteiger partial charge in [-0.05, 0) is 30.5 Å². The average molecular weight is 344 g/mol. The van der Waals surface area contributed by atoms with Crippen LogP contribution in [-0.4, -0.2) is 10.7 Å². The molecular formula is C14H16BrClN2O. The van der Waals surface area contributed by atoms with Crippen molar-refractivity contribution in [3.8, 4) is 6.07 Å². The Labute approximate surface area is 127 Å². The number of nitriles is 1. The summed E-state index contributed by atoms with van der Waals surface area (Å²) in [5.74, 6) is -0.0536. The zero-order valence-corrected chi connectivity index (χ0v) is 13.4. The predicted octanol–water partition coefficient (Wildman–Crippen LogP) is 3.61. The molecule has 0 bridgehead atoms. The number of hydrogen-bond acceptors (Lipinski definition) is 2. The van der Waals surface area contributed by atoms with Crippen molar-refractivity contribution in [2.75, 3.05) is 0 Å². The van der Waals surface area contributed by atoms with Crippen LogP contribution in [0.25, 0.3) is 0 Å². The Kier molecular flexibility index (Phi) is 5.39. The maximum atomic E-state index is 12.1. The van der Waals surface area contributed by atoms with E-state index in [1.807, 2.05) is 13.8 Å². The normalized spacial score (nSPS) is 15.4. The fourth-order valence-corrected chi connectivity index (χ4v) is 1.81. The maximum absolute atomic E-state index is 12.1. The number of carbonyl (C=O) groups excluding carboxylic acids is 1. The van der Waals surface area contributed by atoms with E-state index in [-0.39, 0.29) is 16.7 Å². The van der Waals surface area contributed by atoms with Crippen molar-refractivity contribution in [2.45, 2.75) is 31.1 Å². The monoisotopic (exact) mass is 342 g/mol. The Morgan fingerprint density at radius 3 is 2.37 bits per heavy atom. The van der Waals surface area contributed by atoms with Crippen LogP contribution in [0, 0.1) is 17.2 Å². The third-order valence-corrected chi connectivity index (χ3v) is 4.58. The molecule has 3 nitrogen and oxygen atoms in total. The minimum Gasteiger partial charge on any atom is -0.333 e. The Bertz CT molecular complexity index is 495. The first kappa shape index (κ1) is 16.0. The zero-order chi connectivity index (χ0) is 14.6. The average Bonchev–Trinajstić information content (AvgIpc) is 2.38. The van der Waals surface area contributed by atoms with Gasteiger partial charge >= 0.3 is 0 Å². The Hall–Kier alpha value is -1.05. The summed E-state index contributed by atoms with van der Waals surface area (Å²) in [6.45, 7) is 5.55. The van der Waals surface area contributed by atoms with Gasteiger partial charge in [0.25, 0.3) is 0 Å². The largest absolute Gasteiger partial charge is 0.333 e. The lowest BCUT2D eigenvalue weighted by Gasteiger charge is -2.26. The lowest BCUT2D eigenvalue weighted by molar-refractivity contribution is -0.122. The third-order valence-electron chi connectivity index (χ3n) is 2.85. The summed E-state index contributed by atoms with van der Waals surface area (Å²) in [6.07, 6.45) is 0. The van der Waals surface area contributed by atoms with Crippen LogP contribution in [0.1, 0.15) is 26.3 Å². The van der Waals surface area contributed by atoms with Crippen LogP contribution >= 0.6 is 27.5 Å². The summed E-state index contributed by atoms with van der Waals surface area (Å²) in [5.41, 5.74) is -0.362. The van der Waals surface area contributed by atoms with Crippen LogP contribution in [0.4, 0.5) is 0 Å². The first-order valence-electron chi connectivity index (χ1n) is 5.93. The highest BCUT2D eigenvalue weighted by molar-refractivity contribution is 9.10. The number of nitrogens with zero attached hydrogens (tertiary/aromatic N) is 1. The molecule has 2 atom stereocenters. The summed E-state index contributed by atoms with van der Waals surface area (Å²) < 4.78 is 0. The van der Waals surface area contributed by atoms with E-state index >= 15 is 0 Å². The van der Waals surface area contributed by atoms with E-state index in [4.69, 9.17) is 11.6 Å². The van der Waals surface area contributed by atoms with Gasteiger partial charge in [-0.2, -0.15) is 5.26 Å². The Balaban J connectivity index is 2.96. The number of halogens is 2. The molecule has 2 unspecified atom stereocenters. The summed E-state index contributed by atoms with van der Waals surface area (Å²) >= 11 is 9.16. The molecule has 1 amide bonds. The van der Waals surface area contributed by atoms with Crippen LogP contribution in [0.5, 0.6) is 0 Å². The summed E-state index contributed by atoms with van der Waals surface area (Å²) in [7, 11) is 0. The fourth-order valence-electron chi connectivity index (χ4n) is 1.57. The molecule has 0 aliphatic heterocycles. The molecule has 102 valence electrons. The van der Waals surface area contributed by atoms with Crippen molar-refractivity contribution >= 4 is 33.4 Å². The van der Waals surface area contributed by atoms with E-state index in [0.717, 1.165) is 0 Å². The van der Waals surface area contributed by atoms with E-state index in [9.17, 15) is 10.1 Å². The number of rotatable bonds is 4. The van der Waals surface area contributed by atoms with E-state index in [2.05, 4.69) is 27.3 Å². The van der Waals surface area contributed by atoms with Crippen LogP contribution in [0.3, 0.4) is 0 Å². The van der Waals surface area contributed by atoms with Crippen molar-refractivity contribution in [3.05, 3.63) is 34.9 Å². The molecule has 1 aromatic carbocycles. The van der Waals surface area contributed by atoms with Gasteiger partial charge < -0.3 is 5.32 Å². The van der Waals surface area contributed by atoms with Gasteiger partial charge in [-0.1, -0.05) is 53.5 Å². The minimum absolute atomic E-state index is 0.146. The molecule has 1 aromatic rings. The molecule has 1 N–H and O–H groups in total. The molecule has 0 aliphatic rings. The molecule has 0 saturated heterocycles. The smallest absolute Gasteiger partial charge is 0.235 e. The lowest BCUT2D eigenvalue weighted by Crippen LogP contribution is -2.46. The first-order chi connectivity index (χ1) is 8.80. The van der Waals surface area contributed by atoms with Crippen LogP contribution in [-0.2, 0) is 10.3 Å². The van der Waals surface area contributed by atoms with Crippen LogP contribution in [0.15, 0.2) is 24.3 Å². The number of alkyl halides is 1. The second-order valence-electron chi connectivity index (χ2n) is 4.88. The topological polar surface area (TPSA) is 52.9 Å². The molecule has 0 aromatic heterocycles. The number of nitrogens with one attached hydrogen (secondary N) is 1. The second-order valence-corrected chi connectivity index (χ2v) is 6.30. The van der Waals surface area contributed by atoms with Crippen LogP contribution < -0.4 is 5.32 Å². The van der Waals surface area contributed by atoms with Gasteiger partial charge in [-0.3, -0.25) is 4.79 Å². The molecule has 0 saturated carbocycles. The molecule has 0 heterocycles. The van der Waals surface area contributed by atoms with Crippen molar-refractivity contribution in [1.29, 1.82) is 5.26 Å². The van der Waals surface area contributed by atoms with Gasteiger partial charge in [0.1, 0.15) is 5.54 Å². The quantitative estimate of drug-likeness (QED) is 0.849. The third kappa shape index (κ3) is 3.95. The molecule has 0 fully saturated rings.